The average Bonchev–Trinajstić information content (AvgIpc) is 2.70. The van der Waals surface area contributed by atoms with E-state index in [1.807, 2.05) is 0 Å². The van der Waals surface area contributed by atoms with Gasteiger partial charge in [0.15, 0.2) is 16.6 Å². The minimum Gasteiger partial charge on any atom is -0.416 e. The minimum atomic E-state index is -3.07. The molecule has 6 heteroatoms. The van der Waals surface area contributed by atoms with Gasteiger partial charge in [0, 0.05) is 5.54 Å². The van der Waals surface area contributed by atoms with Crippen LogP contribution in [0.3, 0.4) is 0 Å². The molecule has 1 N–H and O–H groups in total. The molecule has 0 aliphatic heterocycles. The Morgan fingerprint density at radius 1 is 0.895 bits per heavy atom. The zero-order chi connectivity index (χ0) is 14.5. The highest BCUT2D eigenvalue weighted by atomic mass is 28.5. The van der Waals surface area contributed by atoms with E-state index >= 15 is 0 Å². The molecule has 1 saturated carbocycles. The van der Waals surface area contributed by atoms with Crippen molar-refractivity contribution in [2.45, 2.75) is 57.7 Å². The van der Waals surface area contributed by atoms with Crippen LogP contribution in [0.1, 0.15) is 12.8 Å². The highest BCUT2D eigenvalue weighted by molar-refractivity contribution is 6.85. The lowest BCUT2D eigenvalue weighted by molar-refractivity contribution is 0.218. The van der Waals surface area contributed by atoms with Crippen molar-refractivity contribution in [3.63, 3.8) is 0 Å². The van der Waals surface area contributed by atoms with Crippen molar-refractivity contribution in [3.05, 3.63) is 12.2 Å². The Bertz CT molecular complexity index is 354. The van der Waals surface area contributed by atoms with Crippen LogP contribution in [0, 0.1) is 11.8 Å². The molecule has 0 radical (unpaired) electrons. The van der Waals surface area contributed by atoms with Crippen molar-refractivity contribution in [1.82, 2.24) is 0 Å². The molecular weight excluding hydrogens is 288 g/mol. The van der Waals surface area contributed by atoms with Gasteiger partial charge in [0.05, 0.1) is 0 Å². The molecule has 0 spiro atoms. The van der Waals surface area contributed by atoms with E-state index in [9.17, 15) is 4.80 Å². The first-order chi connectivity index (χ1) is 8.49. The molecule has 3 nitrogen and oxygen atoms in total. The van der Waals surface area contributed by atoms with Gasteiger partial charge in [0.25, 0.3) is 0 Å². The van der Waals surface area contributed by atoms with Gasteiger partial charge in [-0.3, -0.25) is 0 Å². The molecule has 2 aliphatic carbocycles. The standard InChI is InChI=1S/C13H28O3Si3/c1-17(2,3)15-19(14,16-18(4,5)6)13-10-11-7-8-12(13)9-11/h7-8,11-14H,9-10H2,1-6H3. The normalized spacial score (nSPS) is 31.2. The van der Waals surface area contributed by atoms with Gasteiger partial charge in [-0.2, -0.15) is 0 Å². The monoisotopic (exact) mass is 316 g/mol. The molecule has 0 aromatic carbocycles. The van der Waals surface area contributed by atoms with Gasteiger partial charge in [0.1, 0.15) is 0 Å². The summed E-state index contributed by atoms with van der Waals surface area (Å²) >= 11 is 0. The molecule has 2 bridgehead atoms. The summed E-state index contributed by atoms with van der Waals surface area (Å²) in [5.74, 6) is 1.12. The third kappa shape index (κ3) is 3.89. The quantitative estimate of drug-likeness (QED) is 0.622. The zero-order valence-corrected chi connectivity index (χ0v) is 16.1. The van der Waals surface area contributed by atoms with Crippen LogP contribution in [-0.4, -0.2) is 30.2 Å². The third-order valence-corrected chi connectivity index (χ3v) is 12.5. The summed E-state index contributed by atoms with van der Waals surface area (Å²) in [6.07, 6.45) is 6.82. The first-order valence-corrected chi connectivity index (χ1v) is 16.0. The zero-order valence-electron chi connectivity index (χ0n) is 13.1. The Balaban J connectivity index is 2.21. The smallest absolute Gasteiger partial charge is 0.416 e. The van der Waals surface area contributed by atoms with E-state index in [4.69, 9.17) is 8.23 Å². The van der Waals surface area contributed by atoms with Crippen molar-refractivity contribution in [1.29, 1.82) is 0 Å². The summed E-state index contributed by atoms with van der Waals surface area (Å²) in [7, 11) is -6.67. The van der Waals surface area contributed by atoms with Crippen LogP contribution in [-0.2, 0) is 8.23 Å². The van der Waals surface area contributed by atoms with E-state index in [1.54, 1.807) is 0 Å². The second kappa shape index (κ2) is 4.92. The van der Waals surface area contributed by atoms with Gasteiger partial charge >= 0.3 is 8.80 Å². The summed E-state index contributed by atoms with van der Waals surface area (Å²) in [5, 5.41) is 0. The molecular formula is C13H28O3Si3. The summed E-state index contributed by atoms with van der Waals surface area (Å²) in [4.78, 5) is 11.2. The molecule has 0 aromatic heterocycles. The van der Waals surface area contributed by atoms with Gasteiger partial charge < -0.3 is 13.0 Å². The van der Waals surface area contributed by atoms with Crippen molar-refractivity contribution < 1.29 is 13.0 Å². The lowest BCUT2D eigenvalue weighted by atomic mass is 10.1. The van der Waals surface area contributed by atoms with Crippen LogP contribution in [0.4, 0.5) is 0 Å². The predicted molar refractivity (Wildman–Crippen MR) is 85.9 cm³/mol. The largest absolute Gasteiger partial charge is 0.481 e. The molecule has 2 aliphatic rings. The van der Waals surface area contributed by atoms with E-state index in [-0.39, 0.29) is 5.54 Å². The van der Waals surface area contributed by atoms with E-state index in [0.29, 0.717) is 11.8 Å². The Labute approximate surface area is 120 Å². The van der Waals surface area contributed by atoms with Gasteiger partial charge in [-0.05, 0) is 64.0 Å². The van der Waals surface area contributed by atoms with Crippen LogP contribution in [0.25, 0.3) is 0 Å². The Morgan fingerprint density at radius 2 is 1.42 bits per heavy atom. The first kappa shape index (κ1) is 15.7. The van der Waals surface area contributed by atoms with Crippen LogP contribution >= 0.6 is 0 Å². The van der Waals surface area contributed by atoms with Crippen LogP contribution in [0.5, 0.6) is 0 Å². The molecule has 0 aromatic rings. The van der Waals surface area contributed by atoms with Crippen molar-refractivity contribution in [2.24, 2.45) is 11.8 Å². The highest BCUT2D eigenvalue weighted by Gasteiger charge is 2.57. The van der Waals surface area contributed by atoms with Crippen molar-refractivity contribution in [2.75, 3.05) is 0 Å². The lowest BCUT2D eigenvalue weighted by Gasteiger charge is -2.41. The van der Waals surface area contributed by atoms with E-state index in [1.165, 1.54) is 6.42 Å². The number of hydrogen-bond acceptors (Lipinski definition) is 3. The fourth-order valence-corrected chi connectivity index (χ4v) is 13.4. The molecule has 110 valence electrons. The number of allylic oxidation sites excluding steroid dienone is 2. The third-order valence-electron chi connectivity index (χ3n) is 3.65. The average molecular weight is 317 g/mol. The maximum absolute atomic E-state index is 11.2. The van der Waals surface area contributed by atoms with Crippen LogP contribution in [0.15, 0.2) is 12.2 Å². The second-order valence-corrected chi connectivity index (χ2v) is 20.0. The molecule has 0 saturated heterocycles. The van der Waals surface area contributed by atoms with Gasteiger partial charge in [-0.25, -0.2) is 0 Å². The highest BCUT2D eigenvalue weighted by Crippen LogP contribution is 2.52. The topological polar surface area (TPSA) is 38.7 Å². The SMILES string of the molecule is C[Si](C)(C)O[Si](O)(O[Si](C)(C)C)C1CC2C=CC1C2. The first-order valence-electron chi connectivity index (χ1n) is 7.30. The fourth-order valence-electron chi connectivity index (χ4n) is 3.25. The van der Waals surface area contributed by atoms with Gasteiger partial charge in [-0.15, -0.1) is 0 Å². The fraction of sp³-hybridized carbons (Fsp3) is 0.846. The molecule has 3 atom stereocenters. The summed E-state index contributed by atoms with van der Waals surface area (Å²) < 4.78 is 12.5. The summed E-state index contributed by atoms with van der Waals surface area (Å²) in [6.45, 7) is 12.8. The second-order valence-electron chi connectivity index (χ2n) is 7.95. The Kier molecular flexibility index (Phi) is 4.06. The number of rotatable bonds is 5. The molecule has 0 heterocycles. The number of hydrogen-bond donors (Lipinski definition) is 1. The molecule has 0 amide bonds. The molecule has 19 heavy (non-hydrogen) atoms. The van der Waals surface area contributed by atoms with E-state index in [2.05, 4.69) is 51.4 Å². The molecule has 3 unspecified atom stereocenters. The Hall–Kier alpha value is 0.271. The van der Waals surface area contributed by atoms with Gasteiger partial charge in [-0.1, -0.05) is 12.2 Å². The lowest BCUT2D eigenvalue weighted by Crippen LogP contribution is -2.58. The van der Waals surface area contributed by atoms with Crippen LogP contribution < -0.4 is 0 Å². The minimum absolute atomic E-state index is 0.237. The Morgan fingerprint density at radius 3 is 1.74 bits per heavy atom. The maximum atomic E-state index is 11.2. The van der Waals surface area contributed by atoms with Crippen molar-refractivity contribution in [3.8, 4) is 0 Å². The van der Waals surface area contributed by atoms with E-state index in [0.717, 1.165) is 6.42 Å². The summed E-state index contributed by atoms with van der Waals surface area (Å²) in [6, 6.07) is 0. The number of fused-ring (bicyclic) bond motifs is 2. The molecule has 1 fully saturated rings. The van der Waals surface area contributed by atoms with Crippen LogP contribution in [0.2, 0.25) is 44.8 Å². The predicted octanol–water partition coefficient (Wildman–Crippen LogP) is 3.59. The summed E-state index contributed by atoms with van der Waals surface area (Å²) in [5.41, 5.74) is 0.237. The van der Waals surface area contributed by atoms with Crippen molar-refractivity contribution >= 4 is 25.4 Å². The molecule has 2 rings (SSSR count). The van der Waals surface area contributed by atoms with E-state index < -0.39 is 25.4 Å². The van der Waals surface area contributed by atoms with Gasteiger partial charge in [0.2, 0.25) is 0 Å². The maximum Gasteiger partial charge on any atom is 0.481 e.